The molecule has 3 aromatic carbocycles. The number of para-hydroxylation sites is 1. The van der Waals surface area contributed by atoms with Crippen molar-refractivity contribution in [3.05, 3.63) is 96.7 Å². The minimum atomic E-state index is 0. The van der Waals surface area contributed by atoms with Crippen LogP contribution in [0.5, 0.6) is 5.75 Å². The quantitative estimate of drug-likeness (QED) is 0.474. The average molecular weight is 363 g/mol. The van der Waals surface area contributed by atoms with E-state index in [0.717, 1.165) is 33.6 Å². The minimum absolute atomic E-state index is 0. The third-order valence-corrected chi connectivity index (χ3v) is 4.01. The summed E-state index contributed by atoms with van der Waals surface area (Å²) in [6.45, 7) is 0.558. The second kappa shape index (κ2) is 8.37. The van der Waals surface area contributed by atoms with Gasteiger partial charge in [-0.05, 0) is 29.8 Å². The summed E-state index contributed by atoms with van der Waals surface area (Å²) in [6.07, 6.45) is 1.82. The van der Waals surface area contributed by atoms with Crippen molar-refractivity contribution in [3.63, 3.8) is 0 Å². The molecule has 0 aliphatic carbocycles. The molecule has 4 aromatic rings. The van der Waals surface area contributed by atoms with Crippen molar-refractivity contribution in [2.24, 2.45) is 0 Å². The Morgan fingerprint density at radius 1 is 0.808 bits per heavy atom. The van der Waals surface area contributed by atoms with Crippen LogP contribution in [-0.4, -0.2) is 4.98 Å². The summed E-state index contributed by atoms with van der Waals surface area (Å²) >= 11 is 0. The van der Waals surface area contributed by atoms with Crippen LogP contribution in [0, 0.1) is 0 Å². The molecule has 26 heavy (non-hydrogen) atoms. The first-order valence-electron chi connectivity index (χ1n) is 8.26. The second-order valence-electron chi connectivity index (χ2n) is 5.80. The Balaban J connectivity index is 0.00000196. The third kappa shape index (κ3) is 4.13. The van der Waals surface area contributed by atoms with Gasteiger partial charge in [0.2, 0.25) is 0 Å². The number of fused-ring (bicyclic) bond motifs is 1. The average Bonchev–Trinajstić information content (AvgIpc) is 2.68. The number of nitrogens with zero attached hydrogens (tertiary/aromatic N) is 1. The van der Waals surface area contributed by atoms with Crippen LogP contribution in [0.2, 0.25) is 0 Å². The molecule has 0 aliphatic rings. The molecule has 1 aromatic heterocycles. The Labute approximate surface area is 159 Å². The topological polar surface area (TPSA) is 34.1 Å². The number of benzene rings is 3. The van der Waals surface area contributed by atoms with E-state index in [9.17, 15) is 0 Å². The summed E-state index contributed by atoms with van der Waals surface area (Å²) in [5, 5.41) is 4.56. The molecule has 0 radical (unpaired) electrons. The maximum absolute atomic E-state index is 5.91. The maximum atomic E-state index is 5.91. The van der Waals surface area contributed by atoms with Crippen LogP contribution >= 0.6 is 12.4 Å². The van der Waals surface area contributed by atoms with Crippen LogP contribution in [0.1, 0.15) is 5.56 Å². The molecule has 0 atom stereocenters. The number of pyridine rings is 1. The van der Waals surface area contributed by atoms with Gasteiger partial charge in [0, 0.05) is 29.0 Å². The first kappa shape index (κ1) is 17.8. The fourth-order valence-corrected chi connectivity index (χ4v) is 2.76. The van der Waals surface area contributed by atoms with Gasteiger partial charge in [-0.1, -0.05) is 54.6 Å². The number of anilines is 2. The van der Waals surface area contributed by atoms with E-state index in [4.69, 9.17) is 4.74 Å². The molecule has 0 bridgehead atoms. The highest BCUT2D eigenvalue weighted by molar-refractivity contribution is 5.92. The Morgan fingerprint density at radius 2 is 1.62 bits per heavy atom. The molecule has 0 fully saturated rings. The molecule has 0 saturated heterocycles. The number of aromatic nitrogens is 1. The van der Waals surface area contributed by atoms with E-state index in [0.29, 0.717) is 6.61 Å². The third-order valence-electron chi connectivity index (χ3n) is 4.01. The Bertz CT molecular complexity index is 984. The Kier molecular flexibility index (Phi) is 5.72. The molecule has 0 saturated carbocycles. The van der Waals surface area contributed by atoms with E-state index in [1.807, 2.05) is 72.9 Å². The van der Waals surface area contributed by atoms with E-state index >= 15 is 0 Å². The molecule has 0 spiro atoms. The first-order chi connectivity index (χ1) is 12.4. The zero-order chi connectivity index (χ0) is 16.9. The van der Waals surface area contributed by atoms with Gasteiger partial charge in [-0.2, -0.15) is 0 Å². The summed E-state index contributed by atoms with van der Waals surface area (Å²) in [4.78, 5) is 4.40. The molecule has 0 unspecified atom stereocenters. The van der Waals surface area contributed by atoms with Crippen molar-refractivity contribution in [1.29, 1.82) is 0 Å². The van der Waals surface area contributed by atoms with Crippen molar-refractivity contribution in [3.8, 4) is 5.75 Å². The number of ether oxygens (including phenoxy) is 1. The van der Waals surface area contributed by atoms with Crippen molar-refractivity contribution in [1.82, 2.24) is 4.98 Å². The highest BCUT2D eigenvalue weighted by Gasteiger charge is 2.03. The number of hydrogen-bond acceptors (Lipinski definition) is 3. The van der Waals surface area contributed by atoms with Gasteiger partial charge < -0.3 is 10.1 Å². The molecule has 4 rings (SSSR count). The molecule has 4 heteroatoms. The highest BCUT2D eigenvalue weighted by Crippen LogP contribution is 2.27. The summed E-state index contributed by atoms with van der Waals surface area (Å²) < 4.78 is 5.91. The van der Waals surface area contributed by atoms with Gasteiger partial charge in [-0.15, -0.1) is 12.4 Å². The van der Waals surface area contributed by atoms with Crippen molar-refractivity contribution < 1.29 is 4.74 Å². The number of halogens is 1. The van der Waals surface area contributed by atoms with Crippen LogP contribution in [0.4, 0.5) is 11.4 Å². The monoisotopic (exact) mass is 362 g/mol. The molecule has 1 N–H and O–H groups in total. The van der Waals surface area contributed by atoms with Gasteiger partial charge in [-0.3, -0.25) is 4.98 Å². The van der Waals surface area contributed by atoms with Crippen LogP contribution < -0.4 is 10.1 Å². The van der Waals surface area contributed by atoms with Crippen LogP contribution in [0.25, 0.3) is 10.9 Å². The lowest BCUT2D eigenvalue weighted by Crippen LogP contribution is -1.96. The van der Waals surface area contributed by atoms with E-state index in [1.165, 1.54) is 0 Å². The van der Waals surface area contributed by atoms with Crippen LogP contribution in [-0.2, 0) is 6.61 Å². The second-order valence-corrected chi connectivity index (χ2v) is 5.80. The van der Waals surface area contributed by atoms with E-state index in [-0.39, 0.29) is 12.4 Å². The van der Waals surface area contributed by atoms with Crippen molar-refractivity contribution in [2.45, 2.75) is 6.61 Å². The summed E-state index contributed by atoms with van der Waals surface area (Å²) in [5.41, 5.74) is 4.15. The minimum Gasteiger partial charge on any atom is -0.489 e. The van der Waals surface area contributed by atoms with Crippen molar-refractivity contribution >= 4 is 34.7 Å². The lowest BCUT2D eigenvalue weighted by molar-refractivity contribution is 0.306. The lowest BCUT2D eigenvalue weighted by Gasteiger charge is -2.11. The predicted molar refractivity (Wildman–Crippen MR) is 109 cm³/mol. The van der Waals surface area contributed by atoms with Gasteiger partial charge >= 0.3 is 0 Å². The molecule has 0 amide bonds. The standard InChI is InChI=1S/C22H18N2O.ClH/c1-2-7-17(8-3-1)16-25-19-10-6-9-18(15-19)24-22-13-14-23-21-12-5-4-11-20(21)22;/h1-15H,16H2,(H,23,24);1H. The fraction of sp³-hybridized carbons (Fsp3) is 0.0455. The predicted octanol–water partition coefficient (Wildman–Crippen LogP) is 5.98. The number of nitrogens with one attached hydrogen (secondary N) is 1. The first-order valence-corrected chi connectivity index (χ1v) is 8.26. The van der Waals surface area contributed by atoms with Gasteiger partial charge in [0.25, 0.3) is 0 Å². The zero-order valence-electron chi connectivity index (χ0n) is 14.1. The smallest absolute Gasteiger partial charge is 0.121 e. The molecular formula is C22H19ClN2O. The largest absolute Gasteiger partial charge is 0.489 e. The normalized spacial score (nSPS) is 10.2. The Morgan fingerprint density at radius 3 is 2.50 bits per heavy atom. The molecule has 130 valence electrons. The van der Waals surface area contributed by atoms with Gasteiger partial charge in [0.15, 0.2) is 0 Å². The maximum Gasteiger partial charge on any atom is 0.121 e. The van der Waals surface area contributed by atoms with Gasteiger partial charge in [0.05, 0.1) is 5.52 Å². The fourth-order valence-electron chi connectivity index (χ4n) is 2.76. The molecule has 3 nitrogen and oxygen atoms in total. The molecular weight excluding hydrogens is 344 g/mol. The zero-order valence-corrected chi connectivity index (χ0v) is 14.9. The van der Waals surface area contributed by atoms with Crippen LogP contribution in [0.15, 0.2) is 91.1 Å². The molecule has 1 heterocycles. The number of hydrogen-bond donors (Lipinski definition) is 1. The summed E-state index contributed by atoms with van der Waals surface area (Å²) in [6, 6.07) is 28.3. The number of rotatable bonds is 5. The van der Waals surface area contributed by atoms with Gasteiger partial charge in [0.1, 0.15) is 12.4 Å². The lowest BCUT2D eigenvalue weighted by atomic mass is 10.2. The summed E-state index contributed by atoms with van der Waals surface area (Å²) in [5.74, 6) is 0.840. The van der Waals surface area contributed by atoms with Gasteiger partial charge in [-0.25, -0.2) is 0 Å². The van der Waals surface area contributed by atoms with E-state index in [2.05, 4.69) is 28.5 Å². The highest BCUT2D eigenvalue weighted by atomic mass is 35.5. The van der Waals surface area contributed by atoms with E-state index < -0.39 is 0 Å². The van der Waals surface area contributed by atoms with E-state index in [1.54, 1.807) is 0 Å². The van der Waals surface area contributed by atoms with Crippen LogP contribution in [0.3, 0.4) is 0 Å². The molecule has 0 aliphatic heterocycles. The summed E-state index contributed by atoms with van der Waals surface area (Å²) in [7, 11) is 0. The SMILES string of the molecule is Cl.c1ccc(COc2cccc(Nc3ccnc4ccccc34)c2)cc1. The van der Waals surface area contributed by atoms with Crippen molar-refractivity contribution in [2.75, 3.05) is 5.32 Å². The Hall–Kier alpha value is -3.04.